The van der Waals surface area contributed by atoms with Crippen molar-refractivity contribution in [2.45, 2.75) is 225 Å². The second-order valence-electron chi connectivity index (χ2n) is 16.6. The third-order valence-electron chi connectivity index (χ3n) is 9.80. The first-order valence-electron chi connectivity index (χ1n) is 22.8. The second-order valence-corrected chi connectivity index (χ2v) is 18.2. The Morgan fingerprint density at radius 2 is 0.782 bits per heavy atom. The molecule has 0 rings (SSSR count). The Labute approximate surface area is 339 Å². The lowest BCUT2D eigenvalue weighted by Gasteiger charge is -2.21. The van der Waals surface area contributed by atoms with E-state index >= 15 is 0 Å². The molecule has 10 nitrogen and oxygen atoms in total. The van der Waals surface area contributed by atoms with Crippen molar-refractivity contribution in [2.75, 3.05) is 47.5 Å². The third kappa shape index (κ3) is 45.5. The number of aliphatic hydroxyl groups is 3. The van der Waals surface area contributed by atoms with E-state index in [-0.39, 0.29) is 19.4 Å². The summed E-state index contributed by atoms with van der Waals surface area (Å²) in [6.07, 6.45) is 35.1. The maximum absolute atomic E-state index is 13.1. The molecular weight excluding hydrogens is 717 g/mol. The zero-order chi connectivity index (χ0) is 41.3. The molecule has 11 heteroatoms. The summed E-state index contributed by atoms with van der Waals surface area (Å²) in [5, 5.41) is 27.1. The van der Waals surface area contributed by atoms with Crippen molar-refractivity contribution >= 4 is 19.8 Å². The van der Waals surface area contributed by atoms with Gasteiger partial charge in [-0.2, -0.15) is 0 Å². The van der Waals surface area contributed by atoms with Crippen molar-refractivity contribution in [2.24, 2.45) is 0 Å². The molecule has 0 saturated carbocycles. The van der Waals surface area contributed by atoms with Gasteiger partial charge in [0.2, 0.25) is 0 Å². The van der Waals surface area contributed by atoms with Crippen molar-refractivity contribution in [3.05, 3.63) is 0 Å². The minimum absolute atomic E-state index is 0.0464. The fourth-order valence-corrected chi connectivity index (χ4v) is 7.40. The van der Waals surface area contributed by atoms with Gasteiger partial charge in [-0.1, -0.05) is 194 Å². The Kier molecular flexibility index (Phi) is 41.9. The van der Waals surface area contributed by atoms with Crippen molar-refractivity contribution in [1.29, 1.82) is 0 Å². The van der Waals surface area contributed by atoms with Crippen molar-refractivity contribution in [1.82, 2.24) is 0 Å². The zero-order valence-corrected chi connectivity index (χ0v) is 37.6. The lowest BCUT2D eigenvalue weighted by Crippen LogP contribution is -2.36. The van der Waals surface area contributed by atoms with Crippen LogP contribution >= 0.6 is 7.82 Å². The number of unbranched alkanes of at least 4 members (excludes halogenated alkanes) is 28. The second kappa shape index (κ2) is 41.1. The molecular formula is C44H91NO9P+. The largest absolute Gasteiger partial charge is 0.592 e. The van der Waals surface area contributed by atoms with Gasteiger partial charge in [0.05, 0.1) is 41.0 Å². The number of aliphatic hydroxyl groups excluding tert-OH is 3. The van der Waals surface area contributed by atoms with Gasteiger partial charge in [-0.15, -0.1) is 0 Å². The normalized spacial score (nSPS) is 12.3. The van der Waals surface area contributed by atoms with Gasteiger partial charge in [-0.25, -0.2) is 4.57 Å². The third-order valence-corrected chi connectivity index (χ3v) is 11.1. The number of phosphoric acid groups is 1. The van der Waals surface area contributed by atoms with Crippen LogP contribution in [0.3, 0.4) is 0 Å². The Bertz CT molecular complexity index is 832. The number of likely N-dealkylation sites (N-methyl/N-ethyl adjacent to an activating group) is 1. The molecule has 1 atom stereocenters. The molecule has 0 fully saturated rings. The molecule has 0 bridgehead atoms. The van der Waals surface area contributed by atoms with E-state index in [4.69, 9.17) is 23.8 Å². The molecule has 0 aliphatic heterocycles. The SMILES string of the molecule is CCCCCCCCCCCCCCCCCC(=O)OP(=O)(OCC(O)CO)OC(=O)CCCCCCCCCCCCCCCCC.C[N+](C)(C)CCO. The molecule has 0 heterocycles. The van der Waals surface area contributed by atoms with Crippen LogP contribution in [-0.4, -0.2) is 85.4 Å². The maximum atomic E-state index is 13.1. The quantitative estimate of drug-likeness (QED) is 0.0313. The van der Waals surface area contributed by atoms with Crippen LogP contribution in [0.4, 0.5) is 0 Å². The summed E-state index contributed by atoms with van der Waals surface area (Å²) in [5.41, 5.74) is 0. The van der Waals surface area contributed by atoms with Gasteiger partial charge < -0.3 is 28.9 Å². The molecule has 1 unspecified atom stereocenters. The lowest BCUT2D eigenvalue weighted by molar-refractivity contribution is -0.870. The Morgan fingerprint density at radius 3 is 1.00 bits per heavy atom. The van der Waals surface area contributed by atoms with Gasteiger partial charge in [-0.05, 0) is 12.8 Å². The van der Waals surface area contributed by atoms with Gasteiger partial charge in [0.15, 0.2) is 0 Å². The first kappa shape index (κ1) is 56.1. The van der Waals surface area contributed by atoms with Crippen molar-refractivity contribution in [3.8, 4) is 0 Å². The van der Waals surface area contributed by atoms with Gasteiger partial charge in [0.25, 0.3) is 0 Å². The molecule has 0 radical (unpaired) electrons. The first-order chi connectivity index (χ1) is 26.4. The van der Waals surface area contributed by atoms with E-state index in [0.717, 1.165) is 49.6 Å². The van der Waals surface area contributed by atoms with Crippen LogP contribution in [-0.2, 0) is 27.7 Å². The number of rotatable bonds is 40. The van der Waals surface area contributed by atoms with Gasteiger partial charge in [0.1, 0.15) is 12.6 Å². The first-order valence-corrected chi connectivity index (χ1v) is 24.3. The van der Waals surface area contributed by atoms with Gasteiger partial charge in [-0.3, -0.25) is 14.1 Å². The fraction of sp³-hybridized carbons (Fsp3) is 0.955. The summed E-state index contributed by atoms with van der Waals surface area (Å²) in [4.78, 5) is 24.8. The number of carbonyl (C=O) groups is 2. The Balaban J connectivity index is 0. The van der Waals surface area contributed by atoms with E-state index in [1.54, 1.807) is 0 Å². The van der Waals surface area contributed by atoms with E-state index < -0.39 is 39.1 Å². The van der Waals surface area contributed by atoms with Crippen LogP contribution in [0, 0.1) is 0 Å². The van der Waals surface area contributed by atoms with Crippen molar-refractivity contribution < 1.29 is 47.5 Å². The van der Waals surface area contributed by atoms with E-state index in [2.05, 4.69) is 35.0 Å². The highest BCUT2D eigenvalue weighted by atomic mass is 31.2. The highest BCUT2D eigenvalue weighted by Crippen LogP contribution is 2.50. The predicted molar refractivity (Wildman–Crippen MR) is 228 cm³/mol. The molecule has 0 aromatic carbocycles. The maximum Gasteiger partial charge on any atom is 0.592 e. The molecule has 0 saturated heterocycles. The predicted octanol–water partition coefficient (Wildman–Crippen LogP) is 11.8. The van der Waals surface area contributed by atoms with E-state index in [1.165, 1.54) is 141 Å². The van der Waals surface area contributed by atoms with E-state index in [9.17, 15) is 19.3 Å². The monoisotopic (exact) mass is 809 g/mol. The standard InChI is InChI=1S/C39H77O8P.C5H14NO/c1-3-5-7-9-11-13-15-17-19-21-23-25-27-29-31-33-38(42)46-48(44,45-36-37(41)35-40)47-39(43)34-32-30-28-26-24-22-20-18-16-14-12-10-8-6-4-2;1-6(2,3)4-5-7/h37,40-41H,3-36H2,1-2H3;7H,4-5H2,1-3H3/q;+1. The summed E-state index contributed by atoms with van der Waals surface area (Å²) in [6.45, 7) is 4.42. The average Bonchev–Trinajstić information content (AvgIpc) is 3.13. The Morgan fingerprint density at radius 1 is 0.509 bits per heavy atom. The molecule has 330 valence electrons. The molecule has 0 aromatic heterocycles. The fourth-order valence-electron chi connectivity index (χ4n) is 6.22. The number of nitrogens with zero attached hydrogens (tertiary/aromatic N) is 1. The van der Waals surface area contributed by atoms with Gasteiger partial charge in [0, 0.05) is 12.8 Å². The zero-order valence-electron chi connectivity index (χ0n) is 36.7. The minimum Gasteiger partial charge on any atom is -0.394 e. The molecule has 0 aliphatic carbocycles. The smallest absolute Gasteiger partial charge is 0.394 e. The highest BCUT2D eigenvalue weighted by Gasteiger charge is 2.35. The minimum atomic E-state index is -4.55. The molecule has 55 heavy (non-hydrogen) atoms. The summed E-state index contributed by atoms with van der Waals surface area (Å²) < 4.78 is 29.0. The molecule has 0 aromatic rings. The number of hydrogen-bond acceptors (Lipinski definition) is 9. The summed E-state index contributed by atoms with van der Waals surface area (Å²) >= 11 is 0. The van der Waals surface area contributed by atoms with Crippen LogP contribution in [0.5, 0.6) is 0 Å². The van der Waals surface area contributed by atoms with Gasteiger partial charge >= 0.3 is 19.8 Å². The molecule has 0 aliphatic rings. The number of quaternary nitrogens is 1. The number of phosphoric ester groups is 1. The summed E-state index contributed by atoms with van der Waals surface area (Å²) in [5.74, 6) is -1.52. The average molecular weight is 809 g/mol. The van der Waals surface area contributed by atoms with Crippen LogP contribution in [0.2, 0.25) is 0 Å². The number of hydrogen-bond donors (Lipinski definition) is 3. The van der Waals surface area contributed by atoms with Crippen LogP contribution < -0.4 is 0 Å². The summed E-state index contributed by atoms with van der Waals surface area (Å²) in [7, 11) is 1.61. The highest BCUT2D eigenvalue weighted by molar-refractivity contribution is 7.49. The molecule has 3 N–H and O–H groups in total. The van der Waals surface area contributed by atoms with E-state index in [1.807, 2.05) is 0 Å². The van der Waals surface area contributed by atoms with Crippen molar-refractivity contribution in [3.63, 3.8) is 0 Å². The number of carbonyl (C=O) groups excluding carboxylic acids is 2. The van der Waals surface area contributed by atoms with Crippen LogP contribution in [0.1, 0.15) is 219 Å². The topological polar surface area (TPSA) is 140 Å². The van der Waals surface area contributed by atoms with Crippen LogP contribution in [0.15, 0.2) is 0 Å². The molecule has 0 amide bonds. The Hall–Kier alpha value is -1.03. The summed E-state index contributed by atoms with van der Waals surface area (Å²) in [6, 6.07) is 0. The van der Waals surface area contributed by atoms with Crippen LogP contribution in [0.25, 0.3) is 0 Å². The molecule has 0 spiro atoms. The lowest BCUT2D eigenvalue weighted by atomic mass is 10.0. The van der Waals surface area contributed by atoms with E-state index in [0.29, 0.717) is 12.8 Å².